The Balaban J connectivity index is 2.08. The summed E-state index contributed by atoms with van der Waals surface area (Å²) in [6, 6.07) is 2.96. The number of piperidine rings is 1. The lowest BCUT2D eigenvalue weighted by atomic mass is 9.75. The Labute approximate surface area is 147 Å². The zero-order valence-corrected chi connectivity index (χ0v) is 13.6. The molecule has 3 rings (SSSR count). The van der Waals surface area contributed by atoms with Gasteiger partial charge in [-0.1, -0.05) is 13.8 Å². The Hall–Kier alpha value is -1.55. The Morgan fingerprint density at radius 1 is 1.22 bits per heavy atom. The maximum absolute atomic E-state index is 12.7. The van der Waals surface area contributed by atoms with Gasteiger partial charge in [0.25, 0.3) is 0 Å². The molecule has 2 aliphatic heterocycles. The normalized spacial score (nSPS) is 29.3. The SMILES string of the molecule is [2H]C([2H])([2H])Oc1cc2c(cc1OC([2H])([2H])[2H])C1C(CC(C)C)C(=O)CCN1CC2. The maximum Gasteiger partial charge on any atom is 0.161 e. The van der Waals surface area contributed by atoms with Crippen LogP contribution in [0.1, 0.15) is 52.1 Å². The molecule has 0 spiro atoms. The van der Waals surface area contributed by atoms with Crippen molar-refractivity contribution in [1.82, 2.24) is 4.90 Å². The van der Waals surface area contributed by atoms with Crippen molar-refractivity contribution in [2.45, 2.75) is 39.2 Å². The van der Waals surface area contributed by atoms with Crippen LogP contribution in [0.15, 0.2) is 12.1 Å². The van der Waals surface area contributed by atoms with Crippen LogP contribution in [0.3, 0.4) is 0 Å². The molecule has 0 aromatic heterocycles. The van der Waals surface area contributed by atoms with Crippen LogP contribution in [0.5, 0.6) is 11.5 Å². The molecule has 0 N–H and O–H groups in total. The molecule has 1 saturated heterocycles. The van der Waals surface area contributed by atoms with Gasteiger partial charge in [-0.15, -0.1) is 0 Å². The summed E-state index contributed by atoms with van der Waals surface area (Å²) in [4.78, 5) is 15.0. The summed E-state index contributed by atoms with van der Waals surface area (Å²) in [5.74, 6) is 0.121. The van der Waals surface area contributed by atoms with Crippen molar-refractivity contribution in [3.05, 3.63) is 23.3 Å². The van der Waals surface area contributed by atoms with E-state index in [0.717, 1.165) is 24.1 Å². The summed E-state index contributed by atoms with van der Waals surface area (Å²) < 4.78 is 54.6. The number of ether oxygens (including phenoxy) is 2. The molecule has 2 atom stereocenters. The van der Waals surface area contributed by atoms with E-state index in [2.05, 4.69) is 18.7 Å². The van der Waals surface area contributed by atoms with Gasteiger partial charge in [0, 0.05) is 31.5 Å². The molecule has 126 valence electrons. The van der Waals surface area contributed by atoms with E-state index in [0.29, 0.717) is 25.3 Å². The second-order valence-corrected chi connectivity index (χ2v) is 6.89. The third kappa shape index (κ3) is 2.97. The summed E-state index contributed by atoms with van der Waals surface area (Å²) in [6.45, 7) is 5.57. The average Bonchev–Trinajstić information content (AvgIpc) is 2.54. The minimum Gasteiger partial charge on any atom is -0.493 e. The summed E-state index contributed by atoms with van der Waals surface area (Å²) in [5, 5.41) is 0. The number of methoxy groups -OCH3 is 2. The van der Waals surface area contributed by atoms with E-state index in [9.17, 15) is 4.79 Å². The standard InChI is InChI=1S/C19H27NO3/c1-12(2)9-15-16(21)6-8-20-7-5-13-10-17(22-3)18(23-4)11-14(13)19(15)20/h10-12,15,19H,5-9H2,1-4H3/i3D3,4D3. The van der Waals surface area contributed by atoms with E-state index < -0.39 is 14.1 Å². The summed E-state index contributed by atoms with van der Waals surface area (Å²) in [6.07, 6.45) is 1.92. The van der Waals surface area contributed by atoms with Gasteiger partial charge in [0.15, 0.2) is 11.5 Å². The van der Waals surface area contributed by atoms with Crippen LogP contribution >= 0.6 is 0 Å². The minimum atomic E-state index is -2.75. The molecule has 4 nitrogen and oxygen atoms in total. The Kier molecular flexibility index (Phi) is 2.93. The highest BCUT2D eigenvalue weighted by atomic mass is 16.5. The number of carbonyl (C=O) groups is 1. The van der Waals surface area contributed by atoms with Crippen LogP contribution in [0.25, 0.3) is 0 Å². The van der Waals surface area contributed by atoms with Crippen molar-refractivity contribution >= 4 is 5.78 Å². The number of hydrogen-bond acceptors (Lipinski definition) is 4. The van der Waals surface area contributed by atoms with E-state index in [1.54, 1.807) is 12.1 Å². The van der Waals surface area contributed by atoms with Crippen LogP contribution in [0.2, 0.25) is 0 Å². The predicted octanol–water partition coefficient (Wildman–Crippen LogP) is 3.24. The molecule has 0 saturated carbocycles. The smallest absolute Gasteiger partial charge is 0.161 e. The van der Waals surface area contributed by atoms with Crippen LogP contribution < -0.4 is 9.47 Å². The third-order valence-electron chi connectivity index (χ3n) is 4.97. The zero-order chi connectivity index (χ0) is 21.6. The highest BCUT2D eigenvalue weighted by Gasteiger charge is 2.41. The Morgan fingerprint density at radius 2 is 1.91 bits per heavy atom. The molecule has 1 aromatic carbocycles. The van der Waals surface area contributed by atoms with Crippen LogP contribution in [-0.2, 0) is 11.2 Å². The molecule has 1 aromatic rings. The number of rotatable bonds is 4. The fourth-order valence-corrected chi connectivity index (χ4v) is 3.97. The van der Waals surface area contributed by atoms with Crippen LogP contribution in [-0.4, -0.2) is 37.8 Å². The Morgan fingerprint density at radius 3 is 2.61 bits per heavy atom. The third-order valence-corrected chi connectivity index (χ3v) is 4.97. The number of nitrogens with zero attached hydrogens (tertiary/aromatic N) is 1. The van der Waals surface area contributed by atoms with Gasteiger partial charge in [0.2, 0.25) is 0 Å². The number of ketones is 1. The molecule has 2 heterocycles. The van der Waals surface area contributed by atoms with E-state index in [-0.39, 0.29) is 29.2 Å². The molecule has 1 fully saturated rings. The average molecular weight is 323 g/mol. The van der Waals surface area contributed by atoms with Gasteiger partial charge in [-0.3, -0.25) is 9.69 Å². The highest BCUT2D eigenvalue weighted by molar-refractivity contribution is 5.83. The van der Waals surface area contributed by atoms with E-state index in [4.69, 9.17) is 17.7 Å². The summed E-state index contributed by atoms with van der Waals surface area (Å²) in [5.41, 5.74) is 1.69. The van der Waals surface area contributed by atoms with Gasteiger partial charge in [-0.05, 0) is 42.0 Å². The van der Waals surface area contributed by atoms with Gasteiger partial charge in [-0.2, -0.15) is 0 Å². The van der Waals surface area contributed by atoms with Crippen molar-refractivity contribution in [2.24, 2.45) is 11.8 Å². The predicted molar refractivity (Wildman–Crippen MR) is 90.1 cm³/mol. The molecule has 2 unspecified atom stereocenters. The summed E-state index contributed by atoms with van der Waals surface area (Å²) >= 11 is 0. The number of fused-ring (bicyclic) bond motifs is 3. The van der Waals surface area contributed by atoms with E-state index in [1.807, 2.05) is 0 Å². The van der Waals surface area contributed by atoms with Crippen LogP contribution in [0.4, 0.5) is 0 Å². The first-order chi connectivity index (χ1) is 13.3. The van der Waals surface area contributed by atoms with Crippen molar-refractivity contribution in [3.63, 3.8) is 0 Å². The number of benzene rings is 1. The fourth-order valence-electron chi connectivity index (χ4n) is 3.97. The molecular formula is C19H27NO3. The molecule has 0 aliphatic carbocycles. The number of Topliss-reactive ketones (excluding diaryl/α,β-unsaturated/α-hetero) is 1. The Bertz CT molecular complexity index is 774. The van der Waals surface area contributed by atoms with Gasteiger partial charge < -0.3 is 9.47 Å². The number of carbonyl (C=O) groups excluding carboxylic acids is 1. The van der Waals surface area contributed by atoms with Gasteiger partial charge in [-0.25, -0.2) is 0 Å². The van der Waals surface area contributed by atoms with Gasteiger partial charge in [0.1, 0.15) is 5.78 Å². The molecule has 2 aliphatic rings. The van der Waals surface area contributed by atoms with Crippen LogP contribution in [0, 0.1) is 11.8 Å². The van der Waals surface area contributed by atoms with Crippen molar-refractivity contribution < 1.29 is 22.5 Å². The lowest BCUT2D eigenvalue weighted by Crippen LogP contribution is -2.47. The topological polar surface area (TPSA) is 38.8 Å². The van der Waals surface area contributed by atoms with E-state index in [1.165, 1.54) is 0 Å². The second kappa shape index (κ2) is 6.52. The zero-order valence-electron chi connectivity index (χ0n) is 19.6. The van der Waals surface area contributed by atoms with E-state index >= 15 is 0 Å². The minimum absolute atomic E-state index is 0.115. The van der Waals surface area contributed by atoms with Gasteiger partial charge in [0.05, 0.1) is 22.3 Å². The highest BCUT2D eigenvalue weighted by Crippen LogP contribution is 2.44. The van der Waals surface area contributed by atoms with Crippen molar-refractivity contribution in [2.75, 3.05) is 27.2 Å². The molecular weight excluding hydrogens is 290 g/mol. The monoisotopic (exact) mass is 323 g/mol. The molecule has 4 heteroatoms. The molecule has 0 amide bonds. The van der Waals surface area contributed by atoms with Gasteiger partial charge >= 0.3 is 0 Å². The maximum atomic E-state index is 12.7. The van der Waals surface area contributed by atoms with Crippen molar-refractivity contribution in [1.29, 1.82) is 0 Å². The lowest BCUT2D eigenvalue weighted by Gasteiger charge is -2.45. The first-order valence-corrected chi connectivity index (χ1v) is 8.15. The first-order valence-electron chi connectivity index (χ1n) is 11.2. The largest absolute Gasteiger partial charge is 0.493 e. The molecule has 0 radical (unpaired) electrons. The second-order valence-electron chi connectivity index (χ2n) is 6.89. The summed E-state index contributed by atoms with van der Waals surface area (Å²) in [7, 11) is -5.49. The van der Waals surface area contributed by atoms with Crippen molar-refractivity contribution in [3.8, 4) is 11.5 Å². The number of hydrogen-bond donors (Lipinski definition) is 0. The first kappa shape index (κ1) is 10.3. The quantitative estimate of drug-likeness (QED) is 0.853. The fraction of sp³-hybridized carbons (Fsp3) is 0.632. The molecule has 0 bridgehead atoms. The lowest BCUT2D eigenvalue weighted by molar-refractivity contribution is -0.130. The molecule has 23 heavy (non-hydrogen) atoms.